The van der Waals surface area contributed by atoms with Crippen molar-refractivity contribution in [3.8, 4) is 23.0 Å². The Labute approximate surface area is 184 Å². The SMILES string of the molecule is O=C(Oc1ccc2nc(-c3ccccc3)oc2c1)c1ccc(OCc2ccccc2)cc1. The van der Waals surface area contributed by atoms with Gasteiger partial charge in [-0.2, -0.15) is 0 Å². The van der Waals surface area contributed by atoms with E-state index in [4.69, 9.17) is 13.9 Å². The predicted octanol–water partition coefficient (Wildman–Crippen LogP) is 6.29. The van der Waals surface area contributed by atoms with E-state index in [1.807, 2.05) is 60.7 Å². The summed E-state index contributed by atoms with van der Waals surface area (Å²) in [5.41, 5.74) is 3.65. The molecule has 0 amide bonds. The van der Waals surface area contributed by atoms with Crippen LogP contribution in [0.2, 0.25) is 0 Å². The topological polar surface area (TPSA) is 61.6 Å². The smallest absolute Gasteiger partial charge is 0.343 e. The zero-order valence-electron chi connectivity index (χ0n) is 17.1. The van der Waals surface area contributed by atoms with Gasteiger partial charge in [-0.1, -0.05) is 48.5 Å². The summed E-state index contributed by atoms with van der Waals surface area (Å²) in [6.45, 7) is 0.465. The maximum atomic E-state index is 12.6. The highest BCUT2D eigenvalue weighted by Crippen LogP contribution is 2.27. The number of aromatic nitrogens is 1. The number of oxazole rings is 1. The van der Waals surface area contributed by atoms with E-state index in [0.29, 0.717) is 40.7 Å². The van der Waals surface area contributed by atoms with Gasteiger partial charge in [0.25, 0.3) is 0 Å². The quantitative estimate of drug-likeness (QED) is 0.238. The number of carbonyl (C=O) groups excluding carboxylic acids is 1. The van der Waals surface area contributed by atoms with Crippen LogP contribution in [0.1, 0.15) is 15.9 Å². The van der Waals surface area contributed by atoms with Crippen molar-refractivity contribution < 1.29 is 18.7 Å². The lowest BCUT2D eigenvalue weighted by Gasteiger charge is -2.07. The van der Waals surface area contributed by atoms with Crippen molar-refractivity contribution >= 4 is 17.1 Å². The van der Waals surface area contributed by atoms with Gasteiger partial charge in [-0.15, -0.1) is 0 Å². The maximum Gasteiger partial charge on any atom is 0.343 e. The number of nitrogens with zero attached hydrogens (tertiary/aromatic N) is 1. The van der Waals surface area contributed by atoms with Gasteiger partial charge in [-0.3, -0.25) is 0 Å². The molecule has 1 aromatic heterocycles. The molecule has 5 heteroatoms. The van der Waals surface area contributed by atoms with Crippen LogP contribution in [0.15, 0.2) is 108 Å². The van der Waals surface area contributed by atoms with Crippen LogP contribution in [0, 0.1) is 0 Å². The molecule has 0 radical (unpaired) electrons. The van der Waals surface area contributed by atoms with E-state index in [9.17, 15) is 4.79 Å². The summed E-state index contributed by atoms with van der Waals surface area (Å²) >= 11 is 0. The van der Waals surface area contributed by atoms with E-state index in [-0.39, 0.29) is 0 Å². The highest BCUT2D eigenvalue weighted by molar-refractivity contribution is 5.91. The van der Waals surface area contributed by atoms with Crippen LogP contribution in [0.3, 0.4) is 0 Å². The normalized spacial score (nSPS) is 10.8. The molecule has 1 heterocycles. The molecule has 0 atom stereocenters. The fourth-order valence-corrected chi connectivity index (χ4v) is 3.27. The Morgan fingerprint density at radius 1 is 0.781 bits per heavy atom. The molecule has 156 valence electrons. The molecule has 5 aromatic rings. The summed E-state index contributed by atoms with van der Waals surface area (Å²) in [4.78, 5) is 17.0. The minimum Gasteiger partial charge on any atom is -0.489 e. The van der Waals surface area contributed by atoms with E-state index in [0.717, 1.165) is 11.1 Å². The number of hydrogen-bond donors (Lipinski definition) is 0. The maximum absolute atomic E-state index is 12.6. The number of carbonyl (C=O) groups is 1. The monoisotopic (exact) mass is 421 g/mol. The summed E-state index contributed by atoms with van der Waals surface area (Å²) in [6.07, 6.45) is 0. The third-order valence-corrected chi connectivity index (χ3v) is 4.93. The summed E-state index contributed by atoms with van der Waals surface area (Å²) in [7, 11) is 0. The first-order chi connectivity index (χ1) is 15.7. The van der Waals surface area contributed by atoms with Crippen molar-refractivity contribution in [2.24, 2.45) is 0 Å². The van der Waals surface area contributed by atoms with Crippen LogP contribution in [0.5, 0.6) is 11.5 Å². The van der Waals surface area contributed by atoms with Crippen molar-refractivity contribution in [3.63, 3.8) is 0 Å². The van der Waals surface area contributed by atoms with Gasteiger partial charge in [0.05, 0.1) is 5.56 Å². The van der Waals surface area contributed by atoms with Crippen LogP contribution in [-0.2, 0) is 6.61 Å². The molecule has 5 nitrogen and oxygen atoms in total. The minimum atomic E-state index is -0.457. The summed E-state index contributed by atoms with van der Waals surface area (Å²) in [5, 5.41) is 0. The van der Waals surface area contributed by atoms with Gasteiger partial charge < -0.3 is 13.9 Å². The largest absolute Gasteiger partial charge is 0.489 e. The molecular formula is C27H19NO4. The first-order valence-electron chi connectivity index (χ1n) is 10.2. The Hall–Kier alpha value is -4.38. The van der Waals surface area contributed by atoms with Crippen molar-refractivity contribution in [2.45, 2.75) is 6.61 Å². The van der Waals surface area contributed by atoms with E-state index < -0.39 is 5.97 Å². The van der Waals surface area contributed by atoms with Crippen molar-refractivity contribution in [1.82, 2.24) is 4.98 Å². The Balaban J connectivity index is 1.26. The molecule has 5 rings (SSSR count). The second-order valence-electron chi connectivity index (χ2n) is 7.20. The number of rotatable bonds is 6. The molecule has 0 aliphatic carbocycles. The molecule has 0 N–H and O–H groups in total. The third-order valence-electron chi connectivity index (χ3n) is 4.93. The van der Waals surface area contributed by atoms with E-state index >= 15 is 0 Å². The molecule has 4 aromatic carbocycles. The fourth-order valence-electron chi connectivity index (χ4n) is 3.27. The number of benzene rings is 4. The van der Waals surface area contributed by atoms with E-state index in [2.05, 4.69) is 4.98 Å². The molecule has 32 heavy (non-hydrogen) atoms. The Morgan fingerprint density at radius 3 is 2.22 bits per heavy atom. The second-order valence-corrected chi connectivity index (χ2v) is 7.20. The lowest BCUT2D eigenvalue weighted by molar-refractivity contribution is 0.0735. The number of esters is 1. The molecule has 0 fully saturated rings. The lowest BCUT2D eigenvalue weighted by atomic mass is 10.2. The van der Waals surface area contributed by atoms with Crippen LogP contribution < -0.4 is 9.47 Å². The second kappa shape index (κ2) is 8.78. The molecule has 0 saturated heterocycles. The lowest BCUT2D eigenvalue weighted by Crippen LogP contribution is -2.08. The van der Waals surface area contributed by atoms with Crippen LogP contribution in [0.25, 0.3) is 22.6 Å². The average Bonchev–Trinajstić information content (AvgIpc) is 3.28. The number of hydrogen-bond acceptors (Lipinski definition) is 5. The van der Waals surface area contributed by atoms with Gasteiger partial charge in [-0.05, 0) is 54.1 Å². The first kappa shape index (κ1) is 19.6. The fraction of sp³-hybridized carbons (Fsp3) is 0.0370. The summed E-state index contributed by atoms with van der Waals surface area (Å²) in [6, 6.07) is 31.6. The van der Waals surface area contributed by atoms with Crippen molar-refractivity contribution in [2.75, 3.05) is 0 Å². The molecule has 0 aliphatic heterocycles. The van der Waals surface area contributed by atoms with Crippen molar-refractivity contribution in [3.05, 3.63) is 114 Å². The molecular weight excluding hydrogens is 402 g/mol. The number of fused-ring (bicyclic) bond motifs is 1. The Morgan fingerprint density at radius 2 is 1.47 bits per heavy atom. The highest BCUT2D eigenvalue weighted by atomic mass is 16.5. The van der Waals surface area contributed by atoms with Crippen LogP contribution in [0.4, 0.5) is 0 Å². The van der Waals surface area contributed by atoms with Gasteiger partial charge in [-0.25, -0.2) is 9.78 Å². The molecule has 0 unspecified atom stereocenters. The molecule has 0 aliphatic rings. The Kier molecular flexibility index (Phi) is 5.37. The van der Waals surface area contributed by atoms with Gasteiger partial charge in [0.1, 0.15) is 23.6 Å². The highest BCUT2D eigenvalue weighted by Gasteiger charge is 2.12. The average molecular weight is 421 g/mol. The predicted molar refractivity (Wildman–Crippen MR) is 122 cm³/mol. The molecule has 0 spiro atoms. The first-order valence-corrected chi connectivity index (χ1v) is 10.2. The van der Waals surface area contributed by atoms with Gasteiger partial charge in [0, 0.05) is 11.6 Å². The van der Waals surface area contributed by atoms with Gasteiger partial charge in [0.15, 0.2) is 5.58 Å². The summed E-state index contributed by atoms with van der Waals surface area (Å²) < 4.78 is 17.1. The number of ether oxygens (including phenoxy) is 2. The van der Waals surface area contributed by atoms with E-state index in [1.165, 1.54) is 0 Å². The minimum absolute atomic E-state index is 0.391. The van der Waals surface area contributed by atoms with Gasteiger partial charge in [0.2, 0.25) is 5.89 Å². The van der Waals surface area contributed by atoms with Crippen molar-refractivity contribution in [1.29, 1.82) is 0 Å². The van der Waals surface area contributed by atoms with Crippen LogP contribution >= 0.6 is 0 Å². The van der Waals surface area contributed by atoms with Gasteiger partial charge >= 0.3 is 5.97 Å². The Bertz CT molecular complexity index is 1340. The summed E-state index contributed by atoms with van der Waals surface area (Å²) in [5.74, 6) is 1.14. The zero-order valence-corrected chi connectivity index (χ0v) is 17.1. The molecule has 0 saturated carbocycles. The van der Waals surface area contributed by atoms with E-state index in [1.54, 1.807) is 42.5 Å². The standard InChI is InChI=1S/C27H19NO4/c29-27(21-11-13-22(14-12-21)30-18-19-7-3-1-4-8-19)31-23-15-16-24-25(17-23)32-26(28-24)20-9-5-2-6-10-20/h1-17H,18H2. The molecule has 0 bridgehead atoms. The zero-order chi connectivity index (χ0) is 21.8. The third kappa shape index (κ3) is 4.37. The van der Waals surface area contributed by atoms with Crippen LogP contribution in [-0.4, -0.2) is 11.0 Å².